The summed E-state index contributed by atoms with van der Waals surface area (Å²) in [5.41, 5.74) is 0.338. The van der Waals surface area contributed by atoms with E-state index in [9.17, 15) is 9.59 Å². The summed E-state index contributed by atoms with van der Waals surface area (Å²) in [5, 5.41) is 9.15. The van der Waals surface area contributed by atoms with Crippen LogP contribution in [-0.2, 0) is 4.79 Å². The number of pyridine rings is 1. The van der Waals surface area contributed by atoms with Crippen LogP contribution in [0.25, 0.3) is 0 Å². The predicted molar refractivity (Wildman–Crippen MR) is 90.5 cm³/mol. The highest BCUT2D eigenvalue weighted by Crippen LogP contribution is 2.31. The molecule has 1 heterocycles. The molecule has 0 atom stereocenters. The first kappa shape index (κ1) is 18.5. The molecule has 0 bridgehead atoms. The Morgan fingerprint density at radius 3 is 2.71 bits per heavy atom. The number of amides is 1. The quantitative estimate of drug-likeness (QED) is 0.737. The lowest BCUT2D eigenvalue weighted by atomic mass is 10.1. The van der Waals surface area contributed by atoms with Crippen LogP contribution in [0.1, 0.15) is 43.5 Å². The molecule has 132 valence electrons. The Kier molecular flexibility index (Phi) is 6.43. The molecule has 0 aromatic carbocycles. The van der Waals surface area contributed by atoms with Gasteiger partial charge in [0.25, 0.3) is 5.91 Å². The van der Waals surface area contributed by atoms with Crippen LogP contribution in [0.5, 0.6) is 5.88 Å². The fourth-order valence-electron chi connectivity index (χ4n) is 2.26. The zero-order valence-corrected chi connectivity index (χ0v) is 14.8. The maximum absolute atomic E-state index is 12.6. The fourth-order valence-corrected chi connectivity index (χ4v) is 2.48. The number of carboxylic acids is 1. The Morgan fingerprint density at radius 2 is 2.17 bits per heavy atom. The molecule has 0 aliphatic heterocycles. The number of hydrogen-bond donors (Lipinski definition) is 1. The number of carbonyl (C=O) groups is 2. The molecule has 1 aliphatic carbocycles. The minimum Gasteiger partial charge on any atom is -0.481 e. The summed E-state index contributed by atoms with van der Waals surface area (Å²) in [4.78, 5) is 29.1. The van der Waals surface area contributed by atoms with E-state index < -0.39 is 5.97 Å². The Hall–Kier alpha value is -1.82. The minimum atomic E-state index is -0.934. The molecule has 0 unspecified atom stereocenters. The lowest BCUT2D eigenvalue weighted by Crippen LogP contribution is -2.36. The number of aliphatic carboxylic acids is 1. The van der Waals surface area contributed by atoms with Crippen LogP contribution in [0.2, 0.25) is 5.02 Å². The number of halogens is 1. The van der Waals surface area contributed by atoms with Crippen LogP contribution in [-0.4, -0.2) is 46.6 Å². The highest BCUT2D eigenvalue weighted by atomic mass is 35.5. The average Bonchev–Trinajstić information content (AvgIpc) is 3.33. The van der Waals surface area contributed by atoms with Crippen LogP contribution in [0.15, 0.2) is 12.3 Å². The number of carboxylic acid groups (broad SMARTS) is 1. The van der Waals surface area contributed by atoms with Crippen molar-refractivity contribution in [1.82, 2.24) is 9.88 Å². The van der Waals surface area contributed by atoms with Gasteiger partial charge in [-0.15, -0.1) is 0 Å². The lowest BCUT2D eigenvalue weighted by Gasteiger charge is -2.24. The van der Waals surface area contributed by atoms with E-state index in [1.54, 1.807) is 0 Å². The molecule has 1 aliphatic rings. The maximum Gasteiger partial charge on any atom is 0.305 e. The van der Waals surface area contributed by atoms with Crippen LogP contribution < -0.4 is 4.74 Å². The van der Waals surface area contributed by atoms with Gasteiger partial charge in [-0.3, -0.25) is 9.59 Å². The van der Waals surface area contributed by atoms with Gasteiger partial charge in [-0.1, -0.05) is 25.4 Å². The molecule has 1 fully saturated rings. The Balaban J connectivity index is 2.06. The summed E-state index contributed by atoms with van der Waals surface area (Å²) >= 11 is 6.16. The number of aromatic nitrogens is 1. The SMILES string of the molecule is CC(C)CN(CCC(=O)O)C(=O)c1cnc(OCC2CC2)c(Cl)c1. The van der Waals surface area contributed by atoms with Crippen LogP contribution in [0, 0.1) is 11.8 Å². The number of ether oxygens (including phenoxy) is 1. The van der Waals surface area contributed by atoms with Crippen LogP contribution in [0.4, 0.5) is 0 Å². The summed E-state index contributed by atoms with van der Waals surface area (Å²) < 4.78 is 5.55. The number of carbonyl (C=O) groups excluding carboxylic acids is 1. The monoisotopic (exact) mass is 354 g/mol. The van der Waals surface area contributed by atoms with E-state index in [0.717, 1.165) is 0 Å². The molecule has 0 radical (unpaired) electrons. The van der Waals surface area contributed by atoms with Crippen molar-refractivity contribution in [2.24, 2.45) is 11.8 Å². The second-order valence-corrected chi connectivity index (χ2v) is 6.96. The third-order valence-electron chi connectivity index (χ3n) is 3.68. The largest absolute Gasteiger partial charge is 0.481 e. The molecule has 1 amide bonds. The van der Waals surface area contributed by atoms with Gasteiger partial charge in [0, 0.05) is 19.3 Å². The van der Waals surface area contributed by atoms with Gasteiger partial charge in [-0.05, 0) is 30.7 Å². The first-order valence-electron chi connectivity index (χ1n) is 8.16. The first-order valence-corrected chi connectivity index (χ1v) is 8.54. The van der Waals surface area contributed by atoms with Crippen molar-refractivity contribution in [2.75, 3.05) is 19.7 Å². The molecule has 1 N–H and O–H groups in total. The predicted octanol–water partition coefficient (Wildman–Crippen LogP) is 3.10. The second kappa shape index (κ2) is 8.33. The molecule has 0 saturated heterocycles. The van der Waals surface area contributed by atoms with E-state index in [1.807, 2.05) is 13.8 Å². The highest BCUT2D eigenvalue weighted by Gasteiger charge is 2.23. The molecule has 1 saturated carbocycles. The van der Waals surface area contributed by atoms with Crippen molar-refractivity contribution in [3.05, 3.63) is 22.8 Å². The van der Waals surface area contributed by atoms with Gasteiger partial charge in [0.1, 0.15) is 5.02 Å². The third-order valence-corrected chi connectivity index (χ3v) is 3.95. The van der Waals surface area contributed by atoms with E-state index in [0.29, 0.717) is 35.5 Å². The van der Waals surface area contributed by atoms with Crippen molar-refractivity contribution in [3.8, 4) is 5.88 Å². The topological polar surface area (TPSA) is 79.7 Å². The van der Waals surface area contributed by atoms with E-state index in [4.69, 9.17) is 21.4 Å². The fraction of sp³-hybridized carbons (Fsp3) is 0.588. The third kappa shape index (κ3) is 5.67. The first-order chi connectivity index (χ1) is 11.4. The highest BCUT2D eigenvalue weighted by molar-refractivity contribution is 6.32. The standard InChI is InChI=1S/C17H23ClN2O4/c1-11(2)9-20(6-5-15(21)22)17(23)13-7-14(18)16(19-8-13)24-10-12-3-4-12/h7-8,11-12H,3-6,9-10H2,1-2H3,(H,21,22). The molecule has 7 heteroatoms. The van der Waals surface area contributed by atoms with Gasteiger partial charge >= 0.3 is 5.97 Å². The molecule has 1 aromatic heterocycles. The van der Waals surface area contributed by atoms with Crippen molar-refractivity contribution < 1.29 is 19.4 Å². The summed E-state index contributed by atoms with van der Waals surface area (Å²) in [6.45, 7) is 5.17. The molecule has 2 rings (SSSR count). The minimum absolute atomic E-state index is 0.0950. The zero-order valence-electron chi connectivity index (χ0n) is 14.0. The number of hydrogen-bond acceptors (Lipinski definition) is 4. The summed E-state index contributed by atoms with van der Waals surface area (Å²) in [6.07, 6.45) is 3.68. The summed E-state index contributed by atoms with van der Waals surface area (Å²) in [7, 11) is 0. The van der Waals surface area contributed by atoms with Gasteiger partial charge in [-0.25, -0.2) is 4.98 Å². The van der Waals surface area contributed by atoms with Gasteiger partial charge in [0.05, 0.1) is 18.6 Å². The summed E-state index contributed by atoms with van der Waals surface area (Å²) in [5.74, 6) is -0.0558. The van der Waals surface area contributed by atoms with E-state index >= 15 is 0 Å². The van der Waals surface area contributed by atoms with Crippen molar-refractivity contribution in [2.45, 2.75) is 33.1 Å². The maximum atomic E-state index is 12.6. The molecule has 1 aromatic rings. The normalized spacial score (nSPS) is 13.8. The van der Waals surface area contributed by atoms with Crippen molar-refractivity contribution in [1.29, 1.82) is 0 Å². The molecular formula is C17H23ClN2O4. The summed E-state index contributed by atoms with van der Waals surface area (Å²) in [6, 6.07) is 1.53. The molecule has 6 nitrogen and oxygen atoms in total. The Bertz CT molecular complexity index is 602. The lowest BCUT2D eigenvalue weighted by molar-refractivity contribution is -0.137. The van der Waals surface area contributed by atoms with Crippen molar-refractivity contribution in [3.63, 3.8) is 0 Å². The van der Waals surface area contributed by atoms with Crippen molar-refractivity contribution >= 4 is 23.5 Å². The average molecular weight is 355 g/mol. The number of rotatable bonds is 9. The molecular weight excluding hydrogens is 332 g/mol. The zero-order chi connectivity index (χ0) is 17.7. The Morgan fingerprint density at radius 1 is 1.46 bits per heavy atom. The van der Waals surface area contributed by atoms with Gasteiger partial charge in [0.2, 0.25) is 5.88 Å². The van der Waals surface area contributed by atoms with Crippen LogP contribution >= 0.6 is 11.6 Å². The van der Waals surface area contributed by atoms with E-state index in [1.165, 1.54) is 30.0 Å². The number of nitrogens with zero attached hydrogens (tertiary/aromatic N) is 2. The second-order valence-electron chi connectivity index (χ2n) is 6.55. The van der Waals surface area contributed by atoms with Gasteiger partial charge in [-0.2, -0.15) is 0 Å². The molecule has 0 spiro atoms. The van der Waals surface area contributed by atoms with Gasteiger partial charge < -0.3 is 14.7 Å². The Labute approximate surface area is 146 Å². The van der Waals surface area contributed by atoms with E-state index in [-0.39, 0.29) is 24.8 Å². The molecule has 24 heavy (non-hydrogen) atoms. The smallest absolute Gasteiger partial charge is 0.305 e. The van der Waals surface area contributed by atoms with Gasteiger partial charge in [0.15, 0.2) is 0 Å². The van der Waals surface area contributed by atoms with Crippen LogP contribution in [0.3, 0.4) is 0 Å². The van der Waals surface area contributed by atoms with E-state index in [2.05, 4.69) is 4.98 Å².